The second kappa shape index (κ2) is 5.72. The Bertz CT molecular complexity index is 447. The molecule has 1 aliphatic rings. The second-order valence-corrected chi connectivity index (χ2v) is 5.44. The van der Waals surface area contributed by atoms with Crippen LogP contribution in [-0.2, 0) is 0 Å². The lowest BCUT2D eigenvalue weighted by atomic mass is 10.00. The quantitative estimate of drug-likeness (QED) is 0.864. The normalized spacial score (nSPS) is 23.7. The van der Waals surface area contributed by atoms with Crippen molar-refractivity contribution in [1.29, 1.82) is 0 Å². The molecule has 2 N–H and O–H groups in total. The fourth-order valence-corrected chi connectivity index (χ4v) is 2.65. The lowest BCUT2D eigenvalue weighted by Gasteiger charge is -2.28. The number of nitrogens with one attached hydrogen (secondary N) is 2. The van der Waals surface area contributed by atoms with Gasteiger partial charge in [0.25, 0.3) is 5.91 Å². The van der Waals surface area contributed by atoms with E-state index < -0.39 is 0 Å². The molecule has 1 amide bonds. The van der Waals surface area contributed by atoms with Gasteiger partial charge in [0, 0.05) is 12.1 Å². The lowest BCUT2D eigenvalue weighted by Crippen LogP contribution is -2.46. The van der Waals surface area contributed by atoms with Gasteiger partial charge in [0.15, 0.2) is 0 Å². The monoisotopic (exact) mass is 266 g/mol. The van der Waals surface area contributed by atoms with Crippen molar-refractivity contribution in [3.63, 3.8) is 0 Å². The van der Waals surface area contributed by atoms with E-state index in [9.17, 15) is 4.79 Å². The van der Waals surface area contributed by atoms with Gasteiger partial charge in [-0.05, 0) is 50.9 Å². The molecule has 3 nitrogen and oxygen atoms in total. The summed E-state index contributed by atoms with van der Waals surface area (Å²) in [6.07, 6.45) is 1.94. The highest BCUT2D eigenvalue weighted by Crippen LogP contribution is 2.18. The Morgan fingerprint density at radius 1 is 1.50 bits per heavy atom. The maximum atomic E-state index is 12.1. The molecule has 98 valence electrons. The minimum atomic E-state index is -0.0703. The highest BCUT2D eigenvalue weighted by Gasteiger charge is 2.21. The van der Waals surface area contributed by atoms with Crippen LogP contribution in [0, 0.1) is 6.92 Å². The molecule has 2 rings (SSSR count). The molecule has 0 bridgehead atoms. The Labute approximate surface area is 113 Å². The van der Waals surface area contributed by atoms with Crippen LogP contribution in [0.3, 0.4) is 0 Å². The van der Waals surface area contributed by atoms with Crippen LogP contribution >= 0.6 is 11.6 Å². The third-order valence-corrected chi connectivity index (χ3v) is 3.64. The average molecular weight is 267 g/mol. The van der Waals surface area contributed by atoms with Gasteiger partial charge < -0.3 is 10.6 Å². The number of carbonyl (C=O) groups is 1. The summed E-state index contributed by atoms with van der Waals surface area (Å²) in [6.45, 7) is 5.05. The summed E-state index contributed by atoms with van der Waals surface area (Å²) < 4.78 is 0. The summed E-state index contributed by atoms with van der Waals surface area (Å²) in [4.78, 5) is 12.1. The number of aryl methyl sites for hydroxylation is 1. The Balaban J connectivity index is 2.03. The van der Waals surface area contributed by atoms with Gasteiger partial charge in [-0.1, -0.05) is 17.7 Å². The molecule has 2 atom stereocenters. The van der Waals surface area contributed by atoms with E-state index in [4.69, 9.17) is 11.6 Å². The maximum Gasteiger partial charge on any atom is 0.253 e. The van der Waals surface area contributed by atoms with E-state index in [1.54, 1.807) is 6.07 Å². The summed E-state index contributed by atoms with van der Waals surface area (Å²) in [5.41, 5.74) is 1.63. The van der Waals surface area contributed by atoms with Gasteiger partial charge in [-0.15, -0.1) is 0 Å². The first-order valence-electron chi connectivity index (χ1n) is 6.36. The fourth-order valence-electron chi connectivity index (χ4n) is 2.33. The molecule has 1 aromatic rings. The van der Waals surface area contributed by atoms with E-state index in [-0.39, 0.29) is 11.9 Å². The summed E-state index contributed by atoms with van der Waals surface area (Å²) in [5, 5.41) is 6.95. The predicted octanol–water partition coefficient (Wildman–Crippen LogP) is 2.52. The molecule has 1 saturated heterocycles. The van der Waals surface area contributed by atoms with Crippen molar-refractivity contribution in [2.75, 3.05) is 6.54 Å². The maximum absolute atomic E-state index is 12.1. The molecule has 2 unspecified atom stereocenters. The zero-order valence-electron chi connectivity index (χ0n) is 10.8. The number of hydrogen-bond donors (Lipinski definition) is 2. The van der Waals surface area contributed by atoms with Gasteiger partial charge in [-0.3, -0.25) is 4.79 Å². The fraction of sp³-hybridized carbons (Fsp3) is 0.500. The van der Waals surface area contributed by atoms with E-state index in [1.165, 1.54) is 0 Å². The highest BCUT2D eigenvalue weighted by molar-refractivity contribution is 6.33. The van der Waals surface area contributed by atoms with Crippen molar-refractivity contribution < 1.29 is 4.79 Å². The molecule has 1 fully saturated rings. The van der Waals surface area contributed by atoms with Crippen LogP contribution < -0.4 is 10.6 Å². The number of halogens is 1. The number of carbonyl (C=O) groups excluding carboxylic acids is 1. The molecule has 4 heteroatoms. The van der Waals surface area contributed by atoms with Gasteiger partial charge in [-0.2, -0.15) is 0 Å². The molecule has 0 saturated carbocycles. The molecule has 0 aliphatic carbocycles. The molecule has 1 aliphatic heterocycles. The number of amides is 1. The zero-order chi connectivity index (χ0) is 13.1. The number of rotatable bonds is 2. The molecule has 18 heavy (non-hydrogen) atoms. The third kappa shape index (κ3) is 3.24. The van der Waals surface area contributed by atoms with Crippen molar-refractivity contribution in [3.8, 4) is 0 Å². The number of benzene rings is 1. The first-order valence-corrected chi connectivity index (χ1v) is 6.74. The number of hydrogen-bond acceptors (Lipinski definition) is 2. The van der Waals surface area contributed by atoms with Crippen LogP contribution in [-0.4, -0.2) is 24.5 Å². The van der Waals surface area contributed by atoms with E-state index in [2.05, 4.69) is 17.6 Å². The standard InChI is InChI=1S/C14H19ClN2O/c1-9-3-4-12(13(15)7-9)14(18)17-11-5-6-16-10(2)8-11/h3-4,7,10-11,16H,5-6,8H2,1-2H3,(H,17,18). The minimum Gasteiger partial charge on any atom is -0.349 e. The number of piperidine rings is 1. The van der Waals surface area contributed by atoms with E-state index in [0.29, 0.717) is 16.6 Å². The highest BCUT2D eigenvalue weighted by atomic mass is 35.5. The Morgan fingerprint density at radius 2 is 2.28 bits per heavy atom. The van der Waals surface area contributed by atoms with Gasteiger partial charge in [0.2, 0.25) is 0 Å². The van der Waals surface area contributed by atoms with Gasteiger partial charge in [0.1, 0.15) is 0 Å². The summed E-state index contributed by atoms with van der Waals surface area (Å²) in [7, 11) is 0. The topological polar surface area (TPSA) is 41.1 Å². The van der Waals surface area contributed by atoms with Crippen LogP contribution in [0.5, 0.6) is 0 Å². The van der Waals surface area contributed by atoms with Crippen molar-refractivity contribution >= 4 is 17.5 Å². The Kier molecular flexibility index (Phi) is 4.25. The van der Waals surface area contributed by atoms with E-state index in [1.807, 2.05) is 19.1 Å². The van der Waals surface area contributed by atoms with Crippen LogP contribution in [0.1, 0.15) is 35.7 Å². The first kappa shape index (κ1) is 13.4. The van der Waals surface area contributed by atoms with Crippen molar-refractivity contribution in [1.82, 2.24) is 10.6 Å². The lowest BCUT2D eigenvalue weighted by molar-refractivity contribution is 0.0926. The second-order valence-electron chi connectivity index (χ2n) is 5.03. The largest absolute Gasteiger partial charge is 0.349 e. The molecular weight excluding hydrogens is 248 g/mol. The molecule has 0 radical (unpaired) electrons. The molecule has 0 aromatic heterocycles. The SMILES string of the molecule is Cc1ccc(C(=O)NC2CCNC(C)C2)c(Cl)c1. The predicted molar refractivity (Wildman–Crippen MR) is 74.1 cm³/mol. The summed E-state index contributed by atoms with van der Waals surface area (Å²) in [6, 6.07) is 6.22. The molecule has 1 heterocycles. The molecular formula is C14H19ClN2O. The summed E-state index contributed by atoms with van der Waals surface area (Å²) in [5.74, 6) is -0.0703. The molecule has 1 aromatic carbocycles. The first-order chi connectivity index (χ1) is 8.56. The van der Waals surface area contributed by atoms with Crippen LogP contribution in [0.25, 0.3) is 0 Å². The Hall–Kier alpha value is -1.06. The smallest absolute Gasteiger partial charge is 0.253 e. The van der Waals surface area contributed by atoms with Crippen LogP contribution in [0.4, 0.5) is 0 Å². The summed E-state index contributed by atoms with van der Waals surface area (Å²) >= 11 is 6.10. The Morgan fingerprint density at radius 3 is 2.94 bits per heavy atom. The third-order valence-electron chi connectivity index (χ3n) is 3.33. The van der Waals surface area contributed by atoms with Crippen LogP contribution in [0.2, 0.25) is 5.02 Å². The zero-order valence-corrected chi connectivity index (χ0v) is 11.6. The van der Waals surface area contributed by atoms with Crippen molar-refractivity contribution in [2.24, 2.45) is 0 Å². The van der Waals surface area contributed by atoms with E-state index in [0.717, 1.165) is 24.9 Å². The van der Waals surface area contributed by atoms with Gasteiger partial charge in [0.05, 0.1) is 10.6 Å². The van der Waals surface area contributed by atoms with E-state index >= 15 is 0 Å². The average Bonchev–Trinajstić information content (AvgIpc) is 2.28. The van der Waals surface area contributed by atoms with Crippen molar-refractivity contribution in [2.45, 2.75) is 38.8 Å². The van der Waals surface area contributed by atoms with Crippen molar-refractivity contribution in [3.05, 3.63) is 34.3 Å². The van der Waals surface area contributed by atoms with Gasteiger partial charge >= 0.3 is 0 Å². The minimum absolute atomic E-state index is 0.0703. The van der Waals surface area contributed by atoms with Gasteiger partial charge in [-0.25, -0.2) is 0 Å². The molecule has 0 spiro atoms. The van der Waals surface area contributed by atoms with Crippen LogP contribution in [0.15, 0.2) is 18.2 Å².